The van der Waals surface area contributed by atoms with Crippen molar-refractivity contribution in [2.45, 2.75) is 45.7 Å². The van der Waals surface area contributed by atoms with Crippen molar-refractivity contribution in [3.05, 3.63) is 35.1 Å². The molecular weight excluding hydrogens is 480 g/mol. The summed E-state index contributed by atoms with van der Waals surface area (Å²) in [5.41, 5.74) is 2.19. The highest BCUT2D eigenvalue weighted by atomic mass is 127. The van der Waals surface area contributed by atoms with Crippen molar-refractivity contribution < 1.29 is 12.8 Å². The molecule has 8 heteroatoms. The number of halogens is 2. The van der Waals surface area contributed by atoms with Crippen LogP contribution in [0.2, 0.25) is 0 Å². The van der Waals surface area contributed by atoms with Gasteiger partial charge in [0.1, 0.15) is 5.82 Å². The third kappa shape index (κ3) is 6.04. The minimum Gasteiger partial charge on any atom is -0.354 e. The lowest BCUT2D eigenvalue weighted by atomic mass is 10.00. The summed E-state index contributed by atoms with van der Waals surface area (Å²) in [6.07, 6.45) is 2.46. The average Bonchev–Trinajstić information content (AvgIpc) is 2.96. The lowest BCUT2D eigenvalue weighted by Crippen LogP contribution is -2.47. The Bertz CT molecular complexity index is 785. The molecule has 2 aliphatic heterocycles. The molecule has 3 rings (SSSR count). The molecule has 1 fully saturated rings. The number of hydrogen-bond donors (Lipinski definition) is 1. The van der Waals surface area contributed by atoms with Crippen LogP contribution in [0.5, 0.6) is 0 Å². The molecule has 2 atom stereocenters. The quantitative estimate of drug-likeness (QED) is 0.385. The van der Waals surface area contributed by atoms with Crippen LogP contribution in [-0.4, -0.2) is 49.9 Å². The van der Waals surface area contributed by atoms with Gasteiger partial charge >= 0.3 is 0 Å². The lowest BCUT2D eigenvalue weighted by Gasteiger charge is -2.33. The summed E-state index contributed by atoms with van der Waals surface area (Å²) in [7, 11) is -2.88. The molecule has 1 aromatic carbocycles. The van der Waals surface area contributed by atoms with Crippen LogP contribution in [0.15, 0.2) is 23.2 Å². The van der Waals surface area contributed by atoms with Gasteiger partial charge in [0.25, 0.3) is 0 Å². The SMILES string of the molecule is CCC(C)NC(=NCC1CCS(=O)(=O)C1)N1CCc2cc(F)ccc2C1.I. The fourth-order valence-corrected chi connectivity index (χ4v) is 5.34. The third-order valence-corrected chi connectivity index (χ3v) is 7.13. The average molecular weight is 509 g/mol. The van der Waals surface area contributed by atoms with Gasteiger partial charge in [-0.3, -0.25) is 4.99 Å². The molecule has 1 aromatic rings. The zero-order valence-corrected chi connectivity index (χ0v) is 19.1. The van der Waals surface area contributed by atoms with E-state index in [0.29, 0.717) is 19.5 Å². The van der Waals surface area contributed by atoms with E-state index in [2.05, 4.69) is 24.1 Å². The number of nitrogens with one attached hydrogen (secondary N) is 1. The number of benzene rings is 1. The van der Waals surface area contributed by atoms with Gasteiger partial charge in [-0.1, -0.05) is 13.0 Å². The fourth-order valence-electron chi connectivity index (χ4n) is 3.49. The number of hydrogen-bond acceptors (Lipinski definition) is 3. The number of rotatable bonds is 4. The first-order valence-corrected chi connectivity index (χ1v) is 11.2. The summed E-state index contributed by atoms with van der Waals surface area (Å²) in [4.78, 5) is 6.96. The van der Waals surface area contributed by atoms with Crippen LogP contribution >= 0.6 is 24.0 Å². The maximum absolute atomic E-state index is 13.4. The van der Waals surface area contributed by atoms with Gasteiger partial charge in [-0.05, 0) is 55.4 Å². The second-order valence-electron chi connectivity index (χ2n) is 7.47. The van der Waals surface area contributed by atoms with Crippen LogP contribution in [0.3, 0.4) is 0 Å². The van der Waals surface area contributed by atoms with Crippen molar-refractivity contribution in [3.8, 4) is 0 Å². The lowest BCUT2D eigenvalue weighted by molar-refractivity contribution is 0.369. The van der Waals surface area contributed by atoms with E-state index in [-0.39, 0.29) is 53.3 Å². The van der Waals surface area contributed by atoms with Crippen molar-refractivity contribution in [3.63, 3.8) is 0 Å². The second-order valence-corrected chi connectivity index (χ2v) is 9.70. The van der Waals surface area contributed by atoms with Gasteiger partial charge in [0, 0.05) is 25.7 Å². The number of nitrogens with zero attached hydrogens (tertiary/aromatic N) is 2. The third-order valence-electron chi connectivity index (χ3n) is 5.29. The van der Waals surface area contributed by atoms with E-state index in [1.54, 1.807) is 6.07 Å². The van der Waals surface area contributed by atoms with Gasteiger partial charge in [-0.15, -0.1) is 24.0 Å². The summed E-state index contributed by atoms with van der Waals surface area (Å²) >= 11 is 0. The van der Waals surface area contributed by atoms with Gasteiger partial charge < -0.3 is 10.2 Å². The first-order valence-electron chi connectivity index (χ1n) is 9.40. The van der Waals surface area contributed by atoms with Crippen LogP contribution < -0.4 is 5.32 Å². The van der Waals surface area contributed by atoms with Crippen molar-refractivity contribution in [1.82, 2.24) is 10.2 Å². The predicted molar refractivity (Wildman–Crippen MR) is 118 cm³/mol. The van der Waals surface area contributed by atoms with Crippen LogP contribution in [0.25, 0.3) is 0 Å². The summed E-state index contributed by atoms with van der Waals surface area (Å²) in [6, 6.07) is 5.26. The molecule has 1 N–H and O–H groups in total. The Balaban J connectivity index is 0.00000261. The second kappa shape index (κ2) is 9.54. The Morgan fingerprint density at radius 3 is 2.85 bits per heavy atom. The molecule has 0 aromatic heterocycles. The van der Waals surface area contributed by atoms with Crippen LogP contribution in [0.1, 0.15) is 37.8 Å². The number of sulfone groups is 1. The zero-order chi connectivity index (χ0) is 18.7. The summed E-state index contributed by atoms with van der Waals surface area (Å²) in [6.45, 7) is 6.24. The Hall–Kier alpha value is -0.900. The van der Waals surface area contributed by atoms with Crippen LogP contribution in [0, 0.1) is 11.7 Å². The standard InChI is InChI=1S/C19H28FN3O2S.HI/c1-3-14(2)22-19(21-11-15-7-9-26(24,25)13-15)23-8-6-16-10-18(20)5-4-17(16)12-23;/h4-5,10,14-15H,3,6-9,11-13H2,1-2H3,(H,21,22);1H. The molecule has 2 heterocycles. The monoisotopic (exact) mass is 509 g/mol. The van der Waals surface area contributed by atoms with Gasteiger partial charge in [-0.2, -0.15) is 0 Å². The molecule has 5 nitrogen and oxygen atoms in total. The van der Waals surface area contributed by atoms with Gasteiger partial charge in [0.2, 0.25) is 0 Å². The maximum atomic E-state index is 13.4. The number of guanidine groups is 1. The molecular formula is C19H29FIN3O2S. The van der Waals surface area contributed by atoms with E-state index in [9.17, 15) is 12.8 Å². The van der Waals surface area contributed by atoms with E-state index in [4.69, 9.17) is 4.99 Å². The van der Waals surface area contributed by atoms with Gasteiger partial charge in [-0.25, -0.2) is 12.8 Å². The number of aliphatic imine (C=N–C) groups is 1. The smallest absolute Gasteiger partial charge is 0.194 e. The topological polar surface area (TPSA) is 61.8 Å². The molecule has 0 aliphatic carbocycles. The highest BCUT2D eigenvalue weighted by Crippen LogP contribution is 2.21. The maximum Gasteiger partial charge on any atom is 0.194 e. The molecule has 152 valence electrons. The zero-order valence-electron chi connectivity index (χ0n) is 15.9. The molecule has 0 spiro atoms. The van der Waals surface area contributed by atoms with Crippen molar-refractivity contribution in [1.29, 1.82) is 0 Å². The van der Waals surface area contributed by atoms with E-state index < -0.39 is 9.84 Å². The summed E-state index contributed by atoms with van der Waals surface area (Å²) in [5, 5.41) is 3.48. The van der Waals surface area contributed by atoms with Crippen LogP contribution in [-0.2, 0) is 22.8 Å². The number of fused-ring (bicyclic) bond motifs is 1. The Morgan fingerprint density at radius 2 is 2.19 bits per heavy atom. The largest absolute Gasteiger partial charge is 0.354 e. The molecule has 27 heavy (non-hydrogen) atoms. The van der Waals surface area contributed by atoms with Gasteiger partial charge in [0.15, 0.2) is 15.8 Å². The minimum absolute atomic E-state index is 0. The molecule has 0 radical (unpaired) electrons. The van der Waals surface area contributed by atoms with E-state index >= 15 is 0 Å². The normalized spacial score (nSPS) is 22.7. The molecule has 2 unspecified atom stereocenters. The first-order chi connectivity index (χ1) is 12.4. The Kier molecular flexibility index (Phi) is 7.91. The van der Waals surface area contributed by atoms with E-state index in [1.165, 1.54) is 6.07 Å². The predicted octanol–water partition coefficient (Wildman–Crippen LogP) is 2.98. The van der Waals surface area contributed by atoms with Crippen LogP contribution in [0.4, 0.5) is 4.39 Å². The Labute approximate surface area is 178 Å². The van der Waals surface area contributed by atoms with Crippen molar-refractivity contribution in [2.75, 3.05) is 24.6 Å². The first kappa shape index (κ1) is 22.4. The molecule has 0 bridgehead atoms. The minimum atomic E-state index is -2.88. The fraction of sp³-hybridized carbons (Fsp3) is 0.632. The highest BCUT2D eigenvalue weighted by Gasteiger charge is 2.28. The molecule has 1 saturated heterocycles. The van der Waals surface area contributed by atoms with E-state index in [1.807, 2.05) is 6.07 Å². The van der Waals surface area contributed by atoms with Gasteiger partial charge in [0.05, 0.1) is 11.5 Å². The molecule has 2 aliphatic rings. The Morgan fingerprint density at radius 1 is 1.41 bits per heavy atom. The highest BCUT2D eigenvalue weighted by molar-refractivity contribution is 14.0. The summed E-state index contributed by atoms with van der Waals surface area (Å²) in [5.74, 6) is 1.28. The molecule has 0 saturated carbocycles. The van der Waals surface area contributed by atoms with E-state index in [0.717, 1.165) is 36.5 Å². The molecule has 0 amide bonds. The summed E-state index contributed by atoms with van der Waals surface area (Å²) < 4.78 is 36.8. The van der Waals surface area contributed by atoms with Crippen molar-refractivity contribution in [2.24, 2.45) is 10.9 Å². The van der Waals surface area contributed by atoms with Crippen molar-refractivity contribution >= 4 is 39.8 Å².